The van der Waals surface area contributed by atoms with E-state index < -0.39 is 11.9 Å². The molecule has 0 spiro atoms. The highest BCUT2D eigenvalue weighted by Gasteiger charge is 2.20. The molecule has 1 aromatic carbocycles. The number of benzene rings is 1. The molecule has 0 unspecified atom stereocenters. The molecule has 2 N–H and O–H groups in total. The van der Waals surface area contributed by atoms with Gasteiger partial charge in [-0.1, -0.05) is 30.3 Å². The van der Waals surface area contributed by atoms with Crippen LogP contribution >= 0.6 is 0 Å². The van der Waals surface area contributed by atoms with Gasteiger partial charge in [-0.15, -0.1) is 0 Å². The van der Waals surface area contributed by atoms with Crippen molar-refractivity contribution in [2.75, 3.05) is 0 Å². The Morgan fingerprint density at radius 2 is 1.82 bits per heavy atom. The fourth-order valence-electron chi connectivity index (χ4n) is 1.43. The molecule has 92 valence electrons. The molecule has 0 saturated carbocycles. The summed E-state index contributed by atoms with van der Waals surface area (Å²) in [5, 5.41) is 11.5. The first kappa shape index (κ1) is 13.2. The molecule has 1 amide bonds. The van der Waals surface area contributed by atoms with Crippen molar-refractivity contribution in [2.45, 2.75) is 26.3 Å². The van der Waals surface area contributed by atoms with Gasteiger partial charge in [-0.2, -0.15) is 0 Å². The quantitative estimate of drug-likeness (QED) is 0.811. The molecule has 1 rings (SSSR count). The first-order valence-corrected chi connectivity index (χ1v) is 5.57. The number of amides is 1. The van der Waals surface area contributed by atoms with Crippen molar-refractivity contribution in [2.24, 2.45) is 5.92 Å². The summed E-state index contributed by atoms with van der Waals surface area (Å²) in [5.74, 6) is -1.65. The molecule has 2 atom stereocenters. The maximum atomic E-state index is 11.6. The Labute approximate surface area is 101 Å². The van der Waals surface area contributed by atoms with Crippen LogP contribution in [0.25, 0.3) is 0 Å². The number of carboxylic acids is 1. The molecule has 0 heterocycles. The minimum Gasteiger partial charge on any atom is -0.481 e. The lowest BCUT2D eigenvalue weighted by molar-refractivity contribution is -0.142. The van der Waals surface area contributed by atoms with Gasteiger partial charge in [0.25, 0.3) is 0 Å². The lowest BCUT2D eigenvalue weighted by atomic mass is 10.0. The molecule has 0 aliphatic rings. The Hall–Kier alpha value is -1.84. The summed E-state index contributed by atoms with van der Waals surface area (Å²) < 4.78 is 0. The molecule has 0 saturated heterocycles. The maximum absolute atomic E-state index is 11.6. The second-order valence-electron chi connectivity index (χ2n) is 4.15. The number of rotatable bonds is 5. The van der Waals surface area contributed by atoms with E-state index in [1.54, 1.807) is 13.8 Å². The molecule has 4 heteroatoms. The van der Waals surface area contributed by atoms with Crippen LogP contribution in [0.3, 0.4) is 0 Å². The van der Waals surface area contributed by atoms with Gasteiger partial charge in [0.1, 0.15) is 0 Å². The van der Waals surface area contributed by atoms with Gasteiger partial charge in [0, 0.05) is 6.04 Å². The van der Waals surface area contributed by atoms with Crippen LogP contribution in [0.4, 0.5) is 0 Å². The van der Waals surface area contributed by atoms with E-state index in [0.717, 1.165) is 5.56 Å². The molecular formula is C13H17NO3. The molecule has 0 bridgehead atoms. The monoisotopic (exact) mass is 235 g/mol. The zero-order chi connectivity index (χ0) is 12.8. The average Bonchev–Trinajstić information content (AvgIpc) is 2.28. The first-order valence-electron chi connectivity index (χ1n) is 5.57. The summed E-state index contributed by atoms with van der Waals surface area (Å²) in [5.41, 5.74) is 0.917. The summed E-state index contributed by atoms with van der Waals surface area (Å²) in [6.45, 7) is 3.28. The Kier molecular flexibility index (Phi) is 4.69. The molecule has 1 aromatic rings. The van der Waals surface area contributed by atoms with Gasteiger partial charge < -0.3 is 10.4 Å². The van der Waals surface area contributed by atoms with Gasteiger partial charge in [0.2, 0.25) is 5.91 Å². The van der Waals surface area contributed by atoms with E-state index in [2.05, 4.69) is 5.32 Å². The van der Waals surface area contributed by atoms with E-state index in [0.29, 0.717) is 0 Å². The zero-order valence-corrected chi connectivity index (χ0v) is 10.0. The first-order chi connectivity index (χ1) is 8.00. The van der Waals surface area contributed by atoms with Gasteiger partial charge in [-0.05, 0) is 19.4 Å². The second kappa shape index (κ2) is 6.03. The minimum atomic E-state index is -0.905. The largest absolute Gasteiger partial charge is 0.481 e. The van der Waals surface area contributed by atoms with Crippen molar-refractivity contribution in [1.29, 1.82) is 0 Å². The predicted molar refractivity (Wildman–Crippen MR) is 64.6 cm³/mol. The number of carboxylic acid groups (broad SMARTS) is 1. The van der Waals surface area contributed by atoms with Crippen LogP contribution in [0, 0.1) is 5.92 Å². The average molecular weight is 235 g/mol. The molecule has 0 aliphatic carbocycles. The van der Waals surface area contributed by atoms with Gasteiger partial charge in [-0.25, -0.2) is 0 Å². The smallest absolute Gasteiger partial charge is 0.308 e. The van der Waals surface area contributed by atoms with Gasteiger partial charge in [0.05, 0.1) is 12.3 Å². The van der Waals surface area contributed by atoms with Crippen molar-refractivity contribution >= 4 is 11.9 Å². The molecule has 0 radical (unpaired) electrons. The van der Waals surface area contributed by atoms with Crippen LogP contribution in [0.5, 0.6) is 0 Å². The third-order valence-corrected chi connectivity index (χ3v) is 2.74. The Bertz CT molecular complexity index is 389. The Balaban J connectivity index is 2.48. The summed E-state index contributed by atoms with van der Waals surface area (Å²) in [7, 11) is 0. The van der Waals surface area contributed by atoms with Crippen molar-refractivity contribution in [3.63, 3.8) is 0 Å². The van der Waals surface area contributed by atoms with Gasteiger partial charge in [0.15, 0.2) is 0 Å². The van der Waals surface area contributed by atoms with Crippen LogP contribution < -0.4 is 5.32 Å². The fraction of sp³-hybridized carbons (Fsp3) is 0.385. The second-order valence-corrected chi connectivity index (χ2v) is 4.15. The number of aliphatic carboxylic acids is 1. The topological polar surface area (TPSA) is 66.4 Å². The van der Waals surface area contributed by atoms with E-state index in [1.807, 2.05) is 30.3 Å². The van der Waals surface area contributed by atoms with E-state index in [4.69, 9.17) is 5.11 Å². The minimum absolute atomic E-state index is 0.156. The summed E-state index contributed by atoms with van der Waals surface area (Å²) >= 11 is 0. The van der Waals surface area contributed by atoms with Crippen LogP contribution in [0.15, 0.2) is 30.3 Å². The van der Waals surface area contributed by atoms with Crippen LogP contribution in [-0.4, -0.2) is 23.0 Å². The molecule has 0 aromatic heterocycles. The zero-order valence-electron chi connectivity index (χ0n) is 10.0. The molecular weight excluding hydrogens is 218 g/mol. The summed E-state index contributed by atoms with van der Waals surface area (Å²) in [4.78, 5) is 22.4. The van der Waals surface area contributed by atoms with Crippen LogP contribution in [0.1, 0.15) is 19.4 Å². The SMILES string of the molecule is C[C@@H](NC(=O)Cc1ccccc1)[C@@H](C)C(=O)O. The molecule has 0 aliphatic heterocycles. The highest BCUT2D eigenvalue weighted by atomic mass is 16.4. The highest BCUT2D eigenvalue weighted by molar-refractivity contribution is 5.80. The number of nitrogens with one attached hydrogen (secondary N) is 1. The third kappa shape index (κ3) is 4.26. The Morgan fingerprint density at radius 3 is 2.35 bits per heavy atom. The van der Waals surface area contributed by atoms with Crippen LogP contribution in [0.2, 0.25) is 0 Å². The number of carbonyl (C=O) groups excluding carboxylic acids is 1. The van der Waals surface area contributed by atoms with Crippen molar-refractivity contribution in [3.05, 3.63) is 35.9 Å². The van der Waals surface area contributed by atoms with E-state index in [-0.39, 0.29) is 18.4 Å². The fourth-order valence-corrected chi connectivity index (χ4v) is 1.43. The highest BCUT2D eigenvalue weighted by Crippen LogP contribution is 2.04. The maximum Gasteiger partial charge on any atom is 0.308 e. The van der Waals surface area contributed by atoms with Crippen molar-refractivity contribution < 1.29 is 14.7 Å². The van der Waals surface area contributed by atoms with E-state index >= 15 is 0 Å². The standard InChI is InChI=1S/C13H17NO3/c1-9(13(16)17)10(2)14-12(15)8-11-6-4-3-5-7-11/h3-7,9-10H,8H2,1-2H3,(H,14,15)(H,16,17)/t9-,10-/m1/s1. The lowest BCUT2D eigenvalue weighted by Crippen LogP contribution is -2.40. The number of hydrogen-bond acceptors (Lipinski definition) is 2. The van der Waals surface area contributed by atoms with Crippen molar-refractivity contribution in [1.82, 2.24) is 5.32 Å². The van der Waals surface area contributed by atoms with Crippen molar-refractivity contribution in [3.8, 4) is 0 Å². The summed E-state index contributed by atoms with van der Waals surface area (Å²) in [6.07, 6.45) is 0.275. The molecule has 0 fully saturated rings. The van der Waals surface area contributed by atoms with Crippen LogP contribution in [-0.2, 0) is 16.0 Å². The summed E-state index contributed by atoms with van der Waals surface area (Å²) in [6, 6.07) is 8.98. The predicted octanol–water partition coefficient (Wildman–Crippen LogP) is 1.45. The molecule has 4 nitrogen and oxygen atoms in total. The van der Waals surface area contributed by atoms with Gasteiger partial charge >= 0.3 is 5.97 Å². The third-order valence-electron chi connectivity index (χ3n) is 2.74. The van der Waals surface area contributed by atoms with E-state index in [1.165, 1.54) is 0 Å². The van der Waals surface area contributed by atoms with E-state index in [9.17, 15) is 9.59 Å². The molecule has 17 heavy (non-hydrogen) atoms. The number of carbonyl (C=O) groups is 2. The van der Waals surface area contributed by atoms with Gasteiger partial charge in [-0.3, -0.25) is 9.59 Å². The number of hydrogen-bond donors (Lipinski definition) is 2. The normalized spacial score (nSPS) is 13.8. The Morgan fingerprint density at radius 1 is 1.24 bits per heavy atom. The lowest BCUT2D eigenvalue weighted by Gasteiger charge is -2.17.